The number of nitrogens with zero attached hydrogens (tertiary/aromatic N) is 2. The first-order valence-electron chi connectivity index (χ1n) is 19.5. The topological polar surface area (TPSA) is 109 Å². The third-order valence-electron chi connectivity index (χ3n) is 12.5. The molecule has 8 heteroatoms. The number of ketones is 4. The molecule has 2 amide bonds. The van der Waals surface area contributed by atoms with Crippen molar-refractivity contribution in [2.24, 2.45) is 40.4 Å². The molecule has 0 bridgehead atoms. The lowest BCUT2D eigenvalue weighted by Gasteiger charge is -2.37. The fraction of sp³-hybridized carbons (Fsp3) is 0.805. The number of allylic oxidation sites excluding steroid dienone is 1. The number of amides is 2. The van der Waals surface area contributed by atoms with Crippen LogP contribution in [0.15, 0.2) is 12.7 Å². The van der Waals surface area contributed by atoms with Gasteiger partial charge in [-0.15, -0.1) is 6.58 Å². The molecule has 274 valence electrons. The molecule has 1 aliphatic carbocycles. The van der Waals surface area contributed by atoms with Crippen molar-refractivity contribution in [2.75, 3.05) is 19.6 Å². The van der Waals surface area contributed by atoms with Gasteiger partial charge in [0.1, 0.15) is 5.78 Å². The molecule has 1 saturated carbocycles. The summed E-state index contributed by atoms with van der Waals surface area (Å²) in [5, 5.41) is 0. The number of likely N-dealkylation sites (tertiary alicyclic amines) is 1. The summed E-state index contributed by atoms with van der Waals surface area (Å²) in [7, 11) is 0. The highest BCUT2D eigenvalue weighted by Crippen LogP contribution is 2.65. The number of hydrogen-bond donors (Lipinski definition) is 0. The largest absolute Gasteiger partial charge is 0.342 e. The molecule has 0 aromatic rings. The molecular formula is C41H64N2O6. The minimum atomic E-state index is -0.658. The maximum Gasteiger partial charge on any atom is 0.226 e. The molecule has 0 aromatic heterocycles. The molecule has 4 aliphatic rings. The Labute approximate surface area is 295 Å². The van der Waals surface area contributed by atoms with Gasteiger partial charge < -0.3 is 9.80 Å². The number of piperidine rings is 2. The third-order valence-corrected chi connectivity index (χ3v) is 12.5. The van der Waals surface area contributed by atoms with Crippen LogP contribution in [0.5, 0.6) is 0 Å². The Hall–Kier alpha value is -2.64. The van der Waals surface area contributed by atoms with E-state index in [9.17, 15) is 28.8 Å². The van der Waals surface area contributed by atoms with Crippen LogP contribution in [0, 0.1) is 40.4 Å². The SMILES string of the molecule is C=CCCC(=O)C(=O)[C@@H]1CCCCCCCCC[C@H](CC(=O)C[C@H](CN2CCCCC2=O)C(C)(C)C)C(=O)N2C[C@H]3[C@@H]([C@H]2C(=O)C1)C3(C)C. The zero-order chi connectivity index (χ0) is 35.9. The third kappa shape index (κ3) is 10.00. The molecule has 4 fully saturated rings. The molecule has 0 aromatic carbocycles. The lowest BCUT2D eigenvalue weighted by Crippen LogP contribution is -2.49. The predicted octanol–water partition coefficient (Wildman–Crippen LogP) is 7.31. The van der Waals surface area contributed by atoms with Gasteiger partial charge in [-0.2, -0.15) is 0 Å². The van der Waals surface area contributed by atoms with Gasteiger partial charge in [-0.1, -0.05) is 85.6 Å². The number of carbonyl (C=O) groups is 6. The van der Waals surface area contributed by atoms with Crippen LogP contribution in [0.3, 0.4) is 0 Å². The van der Waals surface area contributed by atoms with E-state index >= 15 is 0 Å². The van der Waals surface area contributed by atoms with E-state index in [0.29, 0.717) is 45.2 Å². The fourth-order valence-electron chi connectivity index (χ4n) is 8.97. The van der Waals surface area contributed by atoms with Gasteiger partial charge in [0.05, 0.1) is 6.04 Å². The van der Waals surface area contributed by atoms with Crippen molar-refractivity contribution < 1.29 is 28.8 Å². The summed E-state index contributed by atoms with van der Waals surface area (Å²) < 4.78 is 0. The molecule has 6 atom stereocenters. The zero-order valence-corrected chi connectivity index (χ0v) is 31.2. The molecule has 49 heavy (non-hydrogen) atoms. The second-order valence-electron chi connectivity index (χ2n) is 17.4. The average molecular weight is 681 g/mol. The van der Waals surface area contributed by atoms with Crippen molar-refractivity contribution in [3.05, 3.63) is 12.7 Å². The molecule has 3 saturated heterocycles. The lowest BCUT2D eigenvalue weighted by atomic mass is 9.76. The van der Waals surface area contributed by atoms with E-state index in [-0.39, 0.29) is 71.2 Å². The van der Waals surface area contributed by atoms with Crippen molar-refractivity contribution in [3.8, 4) is 0 Å². The minimum Gasteiger partial charge on any atom is -0.342 e. The maximum absolute atomic E-state index is 14.5. The van der Waals surface area contributed by atoms with Crippen LogP contribution in [-0.4, -0.2) is 70.4 Å². The van der Waals surface area contributed by atoms with Gasteiger partial charge in [0, 0.05) is 63.6 Å². The van der Waals surface area contributed by atoms with Crippen molar-refractivity contribution in [2.45, 2.75) is 150 Å². The van der Waals surface area contributed by atoms with Crippen LogP contribution >= 0.6 is 0 Å². The van der Waals surface area contributed by atoms with E-state index in [1.807, 2.05) is 4.90 Å². The van der Waals surface area contributed by atoms with Gasteiger partial charge in [0.25, 0.3) is 0 Å². The first-order valence-corrected chi connectivity index (χ1v) is 19.5. The second kappa shape index (κ2) is 17.0. The summed E-state index contributed by atoms with van der Waals surface area (Å²) >= 11 is 0. The molecule has 0 unspecified atom stereocenters. The maximum atomic E-state index is 14.5. The Kier molecular flexibility index (Phi) is 13.6. The molecule has 8 nitrogen and oxygen atoms in total. The Balaban J connectivity index is 1.54. The van der Waals surface area contributed by atoms with E-state index in [4.69, 9.17) is 0 Å². The quantitative estimate of drug-likeness (QED) is 0.167. The first kappa shape index (κ1) is 39.2. The molecule has 3 heterocycles. The average Bonchev–Trinajstić information content (AvgIpc) is 3.35. The lowest BCUT2D eigenvalue weighted by molar-refractivity contribution is -0.145. The molecule has 4 rings (SSSR count). The van der Waals surface area contributed by atoms with Crippen LogP contribution < -0.4 is 0 Å². The number of fused-ring (bicyclic) bond motifs is 3. The van der Waals surface area contributed by atoms with E-state index in [0.717, 1.165) is 64.3 Å². The molecule has 3 aliphatic heterocycles. The Morgan fingerprint density at radius 1 is 0.939 bits per heavy atom. The van der Waals surface area contributed by atoms with Gasteiger partial charge in [-0.05, 0) is 60.7 Å². The van der Waals surface area contributed by atoms with E-state index in [1.54, 1.807) is 11.0 Å². The van der Waals surface area contributed by atoms with Crippen LogP contribution in [-0.2, 0) is 28.8 Å². The summed E-state index contributed by atoms with van der Waals surface area (Å²) in [5.41, 5.74) is -0.257. The molecule has 0 radical (unpaired) electrons. The van der Waals surface area contributed by atoms with Gasteiger partial charge in [-0.25, -0.2) is 0 Å². The van der Waals surface area contributed by atoms with Gasteiger partial charge in [-0.3, -0.25) is 28.8 Å². The Morgan fingerprint density at radius 3 is 2.22 bits per heavy atom. The first-order chi connectivity index (χ1) is 23.2. The normalized spacial score (nSPS) is 29.2. The van der Waals surface area contributed by atoms with E-state index < -0.39 is 29.4 Å². The van der Waals surface area contributed by atoms with Gasteiger partial charge in [0.2, 0.25) is 17.6 Å². The Morgan fingerprint density at radius 2 is 1.59 bits per heavy atom. The minimum absolute atomic E-state index is 0.0124. The number of hydrogen-bond acceptors (Lipinski definition) is 6. The summed E-state index contributed by atoms with van der Waals surface area (Å²) in [6.45, 7) is 16.1. The summed E-state index contributed by atoms with van der Waals surface area (Å²) in [5.74, 6) is -1.83. The molecule has 0 spiro atoms. The number of Topliss-reactive ketones (excluding diaryl/α,β-unsaturated/α-hetero) is 4. The van der Waals surface area contributed by atoms with Crippen molar-refractivity contribution >= 4 is 34.9 Å². The number of rotatable bonds is 11. The molecular weight excluding hydrogens is 616 g/mol. The Bertz CT molecular complexity index is 1250. The van der Waals surface area contributed by atoms with Gasteiger partial charge in [0.15, 0.2) is 11.6 Å². The standard InChI is InChI=1S/C41H64N2O6/c1-7-8-20-33(45)38(48)28-18-14-12-10-9-11-13-15-19-29(39(49)43-27-32-36(41(32,5)6)37(43)34(46)24-28)23-31(44)25-30(40(2,3)4)26-42-22-17-16-21-35(42)47/h7,28-30,32,36-37H,1,8-27H2,2-6H3/t28-,29-,30-,32+,36+,37-/m1/s1. The van der Waals surface area contributed by atoms with E-state index in [2.05, 4.69) is 41.2 Å². The number of carbonyl (C=O) groups excluding carboxylic acids is 6. The summed E-state index contributed by atoms with van der Waals surface area (Å²) in [6, 6.07) is -0.621. The van der Waals surface area contributed by atoms with Crippen molar-refractivity contribution in [3.63, 3.8) is 0 Å². The van der Waals surface area contributed by atoms with Crippen LogP contribution in [0.25, 0.3) is 0 Å². The predicted molar refractivity (Wildman–Crippen MR) is 191 cm³/mol. The van der Waals surface area contributed by atoms with Gasteiger partial charge >= 0.3 is 0 Å². The van der Waals surface area contributed by atoms with Crippen LogP contribution in [0.4, 0.5) is 0 Å². The smallest absolute Gasteiger partial charge is 0.226 e. The highest BCUT2D eigenvalue weighted by molar-refractivity contribution is 6.38. The second-order valence-corrected chi connectivity index (χ2v) is 17.4. The fourth-order valence-corrected chi connectivity index (χ4v) is 8.97. The monoisotopic (exact) mass is 680 g/mol. The highest BCUT2D eigenvalue weighted by atomic mass is 16.2. The van der Waals surface area contributed by atoms with Crippen LogP contribution in [0.2, 0.25) is 0 Å². The van der Waals surface area contributed by atoms with E-state index in [1.165, 1.54) is 0 Å². The molecule has 0 N–H and O–H groups in total. The van der Waals surface area contributed by atoms with Crippen LogP contribution in [0.1, 0.15) is 144 Å². The zero-order valence-electron chi connectivity index (χ0n) is 31.2. The highest BCUT2D eigenvalue weighted by Gasteiger charge is 2.69. The summed E-state index contributed by atoms with van der Waals surface area (Å²) in [4.78, 5) is 85.1. The van der Waals surface area contributed by atoms with Crippen molar-refractivity contribution in [1.29, 1.82) is 0 Å². The van der Waals surface area contributed by atoms with Crippen molar-refractivity contribution in [1.82, 2.24) is 9.80 Å². The summed E-state index contributed by atoms with van der Waals surface area (Å²) in [6.07, 6.45) is 13.0.